The van der Waals surface area contributed by atoms with E-state index in [1.165, 1.54) is 0 Å². The van der Waals surface area contributed by atoms with Crippen LogP contribution in [-0.2, 0) is 0 Å². The lowest BCUT2D eigenvalue weighted by Crippen LogP contribution is -1.97. The number of anilines is 4. The van der Waals surface area contributed by atoms with E-state index in [-0.39, 0.29) is 0 Å². The van der Waals surface area contributed by atoms with Gasteiger partial charge < -0.3 is 22.9 Å². The molecule has 2 aromatic carbocycles. The molecule has 10 heteroatoms. The van der Waals surface area contributed by atoms with Crippen molar-refractivity contribution in [3.05, 3.63) is 95.2 Å². The fraction of sp³-hybridized carbons (Fsp3) is 0. The van der Waals surface area contributed by atoms with E-state index in [1.807, 2.05) is 60.7 Å². The lowest BCUT2D eigenvalue weighted by atomic mass is 10.0. The van der Waals surface area contributed by atoms with Gasteiger partial charge in [-0.05, 0) is 24.3 Å². The van der Waals surface area contributed by atoms with E-state index in [0.29, 0.717) is 33.3 Å². The molecule has 0 aliphatic rings. The highest BCUT2D eigenvalue weighted by molar-refractivity contribution is 6.34. The number of nitrogens with two attached hydrogens (primary N) is 4. The van der Waals surface area contributed by atoms with Crippen molar-refractivity contribution in [2.24, 2.45) is 0 Å². The van der Waals surface area contributed by atoms with Gasteiger partial charge >= 0.3 is 0 Å². The molecule has 0 saturated carbocycles. The maximum atomic E-state index is 6.19. The number of hydrogen-bond acceptors (Lipinski definition) is 8. The van der Waals surface area contributed by atoms with Gasteiger partial charge in [-0.3, -0.25) is 0 Å². The molecule has 8 nitrogen and oxygen atoms in total. The molecule has 188 valence electrons. The standard InChI is InChI=1S/2C14H11ClN4/c2*15-11-4-2-1-3-9(11)10-5-8-7-18-13(16)6-12(8)19-14(10)17/h2*1-7H,(H2,16,18)(H2,17,19). The molecule has 0 unspecified atom stereocenters. The number of aromatic nitrogens is 4. The molecular formula is C28H22Cl2N8. The summed E-state index contributed by atoms with van der Waals surface area (Å²) in [6.07, 6.45) is 3.36. The van der Waals surface area contributed by atoms with Gasteiger partial charge in [0.15, 0.2) is 0 Å². The number of rotatable bonds is 2. The van der Waals surface area contributed by atoms with Gasteiger partial charge in [-0.25, -0.2) is 19.9 Å². The van der Waals surface area contributed by atoms with Crippen molar-refractivity contribution in [1.29, 1.82) is 0 Å². The molecule has 0 bridgehead atoms. The van der Waals surface area contributed by atoms with Crippen molar-refractivity contribution in [3.8, 4) is 22.3 Å². The molecule has 0 aliphatic carbocycles. The summed E-state index contributed by atoms with van der Waals surface area (Å²) in [5.41, 5.74) is 28.0. The second-order valence-electron chi connectivity index (χ2n) is 8.41. The lowest BCUT2D eigenvalue weighted by Gasteiger charge is -2.09. The third-order valence-corrected chi connectivity index (χ3v) is 6.49. The van der Waals surface area contributed by atoms with Crippen LogP contribution in [0.4, 0.5) is 23.3 Å². The molecule has 6 aromatic rings. The van der Waals surface area contributed by atoms with Gasteiger partial charge in [-0.15, -0.1) is 0 Å². The Balaban J connectivity index is 0.000000155. The molecule has 4 heterocycles. The third kappa shape index (κ3) is 5.08. The Labute approximate surface area is 228 Å². The van der Waals surface area contributed by atoms with Crippen LogP contribution in [-0.4, -0.2) is 19.9 Å². The van der Waals surface area contributed by atoms with Crippen LogP contribution in [0.1, 0.15) is 0 Å². The Kier molecular flexibility index (Phi) is 6.83. The first kappa shape index (κ1) is 25.0. The Morgan fingerprint density at radius 1 is 0.500 bits per heavy atom. The SMILES string of the molecule is Nc1cc2nc(N)c(-c3ccccc3Cl)cc2cn1.Nc1cc2nc(N)c(-c3ccccc3Cl)cc2cn1. The zero-order valence-corrected chi connectivity index (χ0v) is 21.4. The van der Waals surface area contributed by atoms with Crippen molar-refractivity contribution in [2.75, 3.05) is 22.9 Å². The smallest absolute Gasteiger partial charge is 0.132 e. The van der Waals surface area contributed by atoms with Gasteiger partial charge in [0.25, 0.3) is 0 Å². The third-order valence-electron chi connectivity index (χ3n) is 5.83. The zero-order valence-electron chi connectivity index (χ0n) is 19.9. The molecule has 6 rings (SSSR count). The molecule has 0 atom stereocenters. The number of pyridine rings is 4. The summed E-state index contributed by atoms with van der Waals surface area (Å²) in [4.78, 5) is 16.8. The fourth-order valence-electron chi connectivity index (χ4n) is 3.99. The first-order valence-electron chi connectivity index (χ1n) is 11.4. The number of nitrogens with zero attached hydrogens (tertiary/aromatic N) is 4. The summed E-state index contributed by atoms with van der Waals surface area (Å²) >= 11 is 12.4. The molecular weight excluding hydrogens is 519 g/mol. The van der Waals surface area contributed by atoms with Gasteiger partial charge in [0.05, 0.1) is 11.0 Å². The first-order chi connectivity index (χ1) is 18.3. The highest BCUT2D eigenvalue weighted by Crippen LogP contribution is 2.34. The Morgan fingerprint density at radius 2 is 0.895 bits per heavy atom. The van der Waals surface area contributed by atoms with Gasteiger partial charge in [-0.1, -0.05) is 59.6 Å². The van der Waals surface area contributed by atoms with Crippen LogP contribution in [0.15, 0.2) is 85.2 Å². The number of fused-ring (bicyclic) bond motifs is 2. The van der Waals surface area contributed by atoms with Crippen LogP contribution in [0.25, 0.3) is 44.1 Å². The van der Waals surface area contributed by atoms with E-state index in [0.717, 1.165) is 44.1 Å². The maximum absolute atomic E-state index is 6.19. The maximum Gasteiger partial charge on any atom is 0.132 e. The normalized spacial score (nSPS) is 10.8. The van der Waals surface area contributed by atoms with Gasteiger partial charge in [-0.2, -0.15) is 0 Å². The molecule has 0 spiro atoms. The summed E-state index contributed by atoms with van der Waals surface area (Å²) in [6.45, 7) is 0. The van der Waals surface area contributed by atoms with Crippen molar-refractivity contribution in [3.63, 3.8) is 0 Å². The van der Waals surface area contributed by atoms with Gasteiger partial charge in [0.1, 0.15) is 23.3 Å². The number of benzene rings is 2. The molecule has 0 radical (unpaired) electrons. The summed E-state index contributed by atoms with van der Waals surface area (Å²) in [6, 6.07) is 22.3. The molecule has 8 N–H and O–H groups in total. The second-order valence-corrected chi connectivity index (χ2v) is 9.22. The minimum atomic E-state index is 0.421. The molecule has 0 saturated heterocycles. The van der Waals surface area contributed by atoms with Crippen LogP contribution >= 0.6 is 23.2 Å². The quantitative estimate of drug-likeness (QED) is 0.201. The van der Waals surface area contributed by atoms with E-state index in [2.05, 4.69) is 19.9 Å². The predicted molar refractivity (Wildman–Crippen MR) is 158 cm³/mol. The van der Waals surface area contributed by atoms with Crippen LogP contribution < -0.4 is 22.9 Å². The molecule has 0 amide bonds. The summed E-state index contributed by atoms with van der Waals surface area (Å²) in [5, 5.41) is 3.02. The molecule has 4 aromatic heterocycles. The highest BCUT2D eigenvalue weighted by Gasteiger charge is 2.11. The molecule has 0 aliphatic heterocycles. The monoisotopic (exact) mass is 540 g/mol. The van der Waals surface area contributed by atoms with E-state index in [9.17, 15) is 0 Å². The average Bonchev–Trinajstić information content (AvgIpc) is 2.89. The lowest BCUT2D eigenvalue weighted by molar-refractivity contribution is 1.33. The topological polar surface area (TPSA) is 156 Å². The first-order valence-corrected chi connectivity index (χ1v) is 12.2. The van der Waals surface area contributed by atoms with E-state index < -0.39 is 0 Å². The highest BCUT2D eigenvalue weighted by atomic mass is 35.5. The second kappa shape index (κ2) is 10.4. The summed E-state index contributed by atoms with van der Waals surface area (Å²) < 4.78 is 0. The van der Waals surface area contributed by atoms with Gasteiger partial charge in [0.2, 0.25) is 0 Å². The Morgan fingerprint density at radius 3 is 1.29 bits per heavy atom. The van der Waals surface area contributed by atoms with Crippen molar-refractivity contribution in [2.45, 2.75) is 0 Å². The number of halogens is 2. The average molecular weight is 541 g/mol. The van der Waals surface area contributed by atoms with E-state index in [1.54, 1.807) is 24.5 Å². The Hall–Kier alpha value is -4.66. The van der Waals surface area contributed by atoms with Crippen molar-refractivity contribution in [1.82, 2.24) is 19.9 Å². The summed E-state index contributed by atoms with van der Waals surface area (Å²) in [5.74, 6) is 1.69. The minimum Gasteiger partial charge on any atom is -0.384 e. The molecule has 0 fully saturated rings. The number of hydrogen-bond donors (Lipinski definition) is 4. The Bertz CT molecular complexity index is 1670. The number of nitrogen functional groups attached to an aromatic ring is 4. The van der Waals surface area contributed by atoms with Crippen LogP contribution in [0, 0.1) is 0 Å². The summed E-state index contributed by atoms with van der Waals surface area (Å²) in [7, 11) is 0. The predicted octanol–water partition coefficient (Wildman–Crippen LogP) is 6.23. The molecule has 38 heavy (non-hydrogen) atoms. The minimum absolute atomic E-state index is 0.421. The van der Waals surface area contributed by atoms with E-state index in [4.69, 9.17) is 46.1 Å². The van der Waals surface area contributed by atoms with E-state index >= 15 is 0 Å². The largest absolute Gasteiger partial charge is 0.384 e. The van der Waals surface area contributed by atoms with Crippen LogP contribution in [0.5, 0.6) is 0 Å². The van der Waals surface area contributed by atoms with Crippen LogP contribution in [0.3, 0.4) is 0 Å². The zero-order chi connectivity index (χ0) is 26.8. The van der Waals surface area contributed by atoms with Crippen LogP contribution in [0.2, 0.25) is 10.0 Å². The van der Waals surface area contributed by atoms with Crippen molar-refractivity contribution < 1.29 is 0 Å². The van der Waals surface area contributed by atoms with Crippen molar-refractivity contribution >= 4 is 68.3 Å². The van der Waals surface area contributed by atoms with Gasteiger partial charge in [0, 0.05) is 67.6 Å². The fourth-order valence-corrected chi connectivity index (χ4v) is 4.46.